The molecule has 140 valence electrons. The van der Waals surface area contributed by atoms with Crippen LogP contribution >= 0.6 is 0 Å². The van der Waals surface area contributed by atoms with Crippen molar-refractivity contribution < 1.29 is 19.1 Å². The van der Waals surface area contributed by atoms with Crippen LogP contribution in [0, 0.1) is 11.3 Å². The molecule has 0 radical (unpaired) electrons. The zero-order valence-corrected chi connectivity index (χ0v) is 15.2. The van der Waals surface area contributed by atoms with Crippen molar-refractivity contribution in [2.45, 2.75) is 26.7 Å². The largest absolute Gasteiger partial charge is 0.466 e. The van der Waals surface area contributed by atoms with E-state index in [1.54, 1.807) is 16.7 Å². The number of likely N-dealkylation sites (tertiary alicyclic amines) is 2. The predicted molar refractivity (Wildman–Crippen MR) is 92.0 cm³/mol. The lowest BCUT2D eigenvalue weighted by Gasteiger charge is -2.31. The second-order valence-corrected chi connectivity index (χ2v) is 6.92. The van der Waals surface area contributed by atoms with Gasteiger partial charge in [-0.2, -0.15) is 0 Å². The van der Waals surface area contributed by atoms with Gasteiger partial charge in [0, 0.05) is 51.4 Å². The molecule has 0 aromatic carbocycles. The fourth-order valence-corrected chi connectivity index (χ4v) is 4.04. The molecule has 26 heavy (non-hydrogen) atoms. The van der Waals surface area contributed by atoms with E-state index >= 15 is 0 Å². The topological polar surface area (TPSA) is 92.7 Å². The van der Waals surface area contributed by atoms with Crippen LogP contribution in [0.4, 0.5) is 0 Å². The summed E-state index contributed by atoms with van der Waals surface area (Å²) in [5.41, 5.74) is -0.448. The summed E-state index contributed by atoms with van der Waals surface area (Å²) >= 11 is 0. The second-order valence-electron chi connectivity index (χ2n) is 6.92. The fraction of sp³-hybridized carbons (Fsp3) is 0.611. The van der Waals surface area contributed by atoms with Gasteiger partial charge in [0.2, 0.25) is 5.91 Å². The molecule has 0 N–H and O–H groups in total. The number of fused-ring (bicyclic) bond motifs is 1. The van der Waals surface area contributed by atoms with Gasteiger partial charge in [-0.05, 0) is 19.8 Å². The highest BCUT2D eigenvalue weighted by molar-refractivity contribution is 5.92. The number of carbonyl (C=O) groups is 3. The lowest BCUT2D eigenvalue weighted by Crippen LogP contribution is -2.43. The minimum absolute atomic E-state index is 0.0615. The number of carbonyl (C=O) groups excluding carboxylic acids is 3. The molecular formula is C18H24N4O4. The van der Waals surface area contributed by atoms with Gasteiger partial charge in [0.1, 0.15) is 5.69 Å². The second kappa shape index (κ2) is 7.39. The molecule has 8 heteroatoms. The van der Waals surface area contributed by atoms with Crippen LogP contribution in [-0.2, 0) is 14.3 Å². The smallest absolute Gasteiger partial charge is 0.314 e. The van der Waals surface area contributed by atoms with Crippen LogP contribution in [-0.4, -0.2) is 70.3 Å². The van der Waals surface area contributed by atoms with Gasteiger partial charge in [-0.3, -0.25) is 19.4 Å². The summed E-state index contributed by atoms with van der Waals surface area (Å²) in [5, 5.41) is 0. The van der Waals surface area contributed by atoms with Gasteiger partial charge in [-0.25, -0.2) is 4.98 Å². The van der Waals surface area contributed by atoms with Crippen LogP contribution in [0.5, 0.6) is 0 Å². The Labute approximate surface area is 152 Å². The van der Waals surface area contributed by atoms with Crippen molar-refractivity contribution in [1.29, 1.82) is 0 Å². The molecular weight excluding hydrogens is 336 g/mol. The summed E-state index contributed by atoms with van der Waals surface area (Å²) in [5.74, 6) is -0.663. The average Bonchev–Trinajstić information content (AvgIpc) is 2.91. The third-order valence-electron chi connectivity index (χ3n) is 5.38. The van der Waals surface area contributed by atoms with Crippen LogP contribution in [0.3, 0.4) is 0 Å². The van der Waals surface area contributed by atoms with E-state index < -0.39 is 5.41 Å². The SMILES string of the molecule is CCOC(=O)[C@@]12CCCN(C(=O)c3cnccn3)C[C@@H]1CN(C(C)=O)C2. The van der Waals surface area contributed by atoms with Gasteiger partial charge in [0.25, 0.3) is 5.91 Å². The van der Waals surface area contributed by atoms with Crippen molar-refractivity contribution in [3.8, 4) is 0 Å². The Hall–Kier alpha value is -2.51. The Morgan fingerprint density at radius 2 is 2.04 bits per heavy atom. The Bertz CT molecular complexity index is 696. The molecule has 1 aromatic heterocycles. The molecule has 2 amide bonds. The van der Waals surface area contributed by atoms with Crippen molar-refractivity contribution >= 4 is 17.8 Å². The van der Waals surface area contributed by atoms with E-state index in [-0.39, 0.29) is 29.4 Å². The highest BCUT2D eigenvalue weighted by atomic mass is 16.5. The third kappa shape index (κ3) is 3.27. The third-order valence-corrected chi connectivity index (χ3v) is 5.38. The van der Waals surface area contributed by atoms with Crippen molar-refractivity contribution in [3.05, 3.63) is 24.3 Å². The summed E-state index contributed by atoms with van der Waals surface area (Å²) in [4.78, 5) is 48.9. The summed E-state index contributed by atoms with van der Waals surface area (Å²) in [6, 6.07) is 0. The highest BCUT2D eigenvalue weighted by Crippen LogP contribution is 2.44. The molecule has 2 atom stereocenters. The van der Waals surface area contributed by atoms with E-state index in [4.69, 9.17) is 4.74 Å². The van der Waals surface area contributed by atoms with E-state index in [9.17, 15) is 14.4 Å². The van der Waals surface area contributed by atoms with Gasteiger partial charge in [0.15, 0.2) is 0 Å². The maximum absolute atomic E-state index is 12.8. The first kappa shape index (κ1) is 18.3. The van der Waals surface area contributed by atoms with Crippen LogP contribution in [0.1, 0.15) is 37.2 Å². The number of hydrogen-bond acceptors (Lipinski definition) is 6. The predicted octanol–water partition coefficient (Wildman–Crippen LogP) is 0.740. The zero-order valence-electron chi connectivity index (χ0n) is 15.2. The molecule has 1 aromatic rings. The van der Waals surface area contributed by atoms with Gasteiger partial charge in [-0.1, -0.05) is 0 Å². The molecule has 2 saturated heterocycles. The molecule has 0 aliphatic carbocycles. The van der Waals surface area contributed by atoms with Gasteiger partial charge < -0.3 is 14.5 Å². The minimum atomic E-state index is -0.737. The molecule has 0 spiro atoms. The lowest BCUT2D eigenvalue weighted by atomic mass is 9.75. The summed E-state index contributed by atoms with van der Waals surface area (Å²) in [7, 11) is 0. The molecule has 3 heterocycles. The number of nitrogens with zero attached hydrogens (tertiary/aromatic N) is 4. The van der Waals surface area contributed by atoms with Gasteiger partial charge >= 0.3 is 5.97 Å². The number of hydrogen-bond donors (Lipinski definition) is 0. The fourth-order valence-electron chi connectivity index (χ4n) is 4.04. The Balaban J connectivity index is 1.86. The number of aromatic nitrogens is 2. The van der Waals surface area contributed by atoms with Crippen LogP contribution < -0.4 is 0 Å². The standard InChI is InChI=1S/C18H24N4O4/c1-3-26-17(25)18-5-4-8-21(16(24)15-9-19-6-7-20-15)10-14(18)11-22(12-18)13(2)23/h6-7,9,14H,3-5,8,10-12H2,1-2H3/t14-,18-/m1/s1. The van der Waals surface area contributed by atoms with Crippen molar-refractivity contribution in [1.82, 2.24) is 19.8 Å². The normalized spacial score (nSPS) is 25.4. The van der Waals surface area contributed by atoms with Gasteiger partial charge in [-0.15, -0.1) is 0 Å². The highest BCUT2D eigenvalue weighted by Gasteiger charge is 2.55. The Morgan fingerprint density at radius 1 is 1.27 bits per heavy atom. The first-order valence-electron chi connectivity index (χ1n) is 8.96. The molecule has 3 rings (SSSR count). The van der Waals surface area contributed by atoms with Crippen LogP contribution in [0.15, 0.2) is 18.6 Å². The van der Waals surface area contributed by atoms with Crippen LogP contribution in [0.25, 0.3) is 0 Å². The van der Waals surface area contributed by atoms with E-state index in [2.05, 4.69) is 9.97 Å². The Morgan fingerprint density at radius 3 is 2.69 bits per heavy atom. The molecule has 0 bridgehead atoms. The summed E-state index contributed by atoms with van der Waals surface area (Å²) in [6.45, 7) is 5.35. The monoisotopic (exact) mass is 360 g/mol. The van der Waals surface area contributed by atoms with Crippen LogP contribution in [0.2, 0.25) is 0 Å². The number of rotatable bonds is 3. The number of esters is 1. The van der Waals surface area contributed by atoms with E-state index in [0.29, 0.717) is 45.6 Å². The lowest BCUT2D eigenvalue weighted by molar-refractivity contribution is -0.157. The zero-order chi connectivity index (χ0) is 18.7. The molecule has 8 nitrogen and oxygen atoms in total. The van der Waals surface area contributed by atoms with E-state index in [0.717, 1.165) is 0 Å². The maximum Gasteiger partial charge on any atom is 0.314 e. The van der Waals surface area contributed by atoms with Crippen molar-refractivity contribution in [2.75, 3.05) is 32.8 Å². The van der Waals surface area contributed by atoms with E-state index in [1.165, 1.54) is 25.5 Å². The van der Waals surface area contributed by atoms with Crippen molar-refractivity contribution in [3.63, 3.8) is 0 Å². The maximum atomic E-state index is 12.8. The summed E-state index contributed by atoms with van der Waals surface area (Å²) < 4.78 is 5.35. The summed E-state index contributed by atoms with van der Waals surface area (Å²) in [6.07, 6.45) is 5.73. The molecule has 0 saturated carbocycles. The van der Waals surface area contributed by atoms with E-state index in [1.807, 2.05) is 0 Å². The average molecular weight is 360 g/mol. The number of amides is 2. The molecule has 2 aliphatic rings. The first-order valence-corrected chi connectivity index (χ1v) is 8.96. The minimum Gasteiger partial charge on any atom is -0.466 e. The first-order chi connectivity index (χ1) is 12.5. The van der Waals surface area contributed by atoms with Crippen molar-refractivity contribution in [2.24, 2.45) is 11.3 Å². The molecule has 2 fully saturated rings. The number of ether oxygens (including phenoxy) is 1. The van der Waals surface area contributed by atoms with Gasteiger partial charge in [0.05, 0.1) is 18.2 Å². The molecule has 0 unspecified atom stereocenters. The molecule has 2 aliphatic heterocycles. The Kier molecular flexibility index (Phi) is 5.20. The quantitative estimate of drug-likeness (QED) is 0.738.